The number of rotatable bonds is 6. The van der Waals surface area contributed by atoms with Crippen LogP contribution in [-0.2, 0) is 21.3 Å². The van der Waals surface area contributed by atoms with Crippen LogP contribution >= 0.6 is 11.6 Å². The zero-order chi connectivity index (χ0) is 13.8. The van der Waals surface area contributed by atoms with E-state index in [-0.39, 0.29) is 11.4 Å². The van der Waals surface area contributed by atoms with Crippen molar-refractivity contribution >= 4 is 21.6 Å². The fraction of sp³-hybridized carbons (Fsp3) is 0.455. The van der Waals surface area contributed by atoms with E-state index in [2.05, 4.69) is 0 Å². The van der Waals surface area contributed by atoms with E-state index >= 15 is 0 Å². The highest BCUT2D eigenvalue weighted by Gasteiger charge is 2.21. The normalized spacial score (nSPS) is 12.1. The molecule has 0 fully saturated rings. The Morgan fingerprint density at radius 2 is 2.11 bits per heavy atom. The Kier molecular flexibility index (Phi) is 5.55. The van der Waals surface area contributed by atoms with Crippen LogP contribution in [0.25, 0.3) is 0 Å². The third-order valence-electron chi connectivity index (χ3n) is 2.56. The lowest BCUT2D eigenvalue weighted by molar-refractivity contribution is 0.185. The molecule has 1 aromatic carbocycles. The first-order valence-electron chi connectivity index (χ1n) is 5.37. The molecular weight excluding hydrogens is 276 g/mol. The van der Waals surface area contributed by atoms with Crippen molar-refractivity contribution in [3.05, 3.63) is 28.8 Å². The van der Waals surface area contributed by atoms with Gasteiger partial charge in [-0.05, 0) is 23.8 Å². The van der Waals surface area contributed by atoms with Crippen LogP contribution in [0, 0.1) is 0 Å². The molecule has 0 saturated carbocycles. The summed E-state index contributed by atoms with van der Waals surface area (Å²) in [6, 6.07) is 4.52. The molecule has 0 bridgehead atoms. The number of nitrogens with zero attached hydrogens (tertiary/aromatic N) is 1. The molecule has 5 nitrogen and oxygen atoms in total. The van der Waals surface area contributed by atoms with E-state index in [4.69, 9.17) is 22.1 Å². The molecule has 0 atom stereocenters. The van der Waals surface area contributed by atoms with Gasteiger partial charge in [0.25, 0.3) is 0 Å². The van der Waals surface area contributed by atoms with E-state index in [0.717, 1.165) is 0 Å². The highest BCUT2D eigenvalue weighted by molar-refractivity contribution is 7.89. The summed E-state index contributed by atoms with van der Waals surface area (Å²) in [6.45, 7) is 0.830. The number of halogens is 1. The van der Waals surface area contributed by atoms with Crippen molar-refractivity contribution < 1.29 is 13.2 Å². The molecule has 1 aromatic rings. The second kappa shape index (κ2) is 6.49. The summed E-state index contributed by atoms with van der Waals surface area (Å²) >= 11 is 5.90. The lowest BCUT2D eigenvalue weighted by Crippen LogP contribution is -2.30. The molecule has 0 spiro atoms. The molecule has 1 rings (SSSR count). The van der Waals surface area contributed by atoms with Crippen molar-refractivity contribution in [3.63, 3.8) is 0 Å². The maximum absolute atomic E-state index is 12.2. The SMILES string of the molecule is COCCN(C)S(=O)(=O)c1ccc(Cl)c(CN)c1. The van der Waals surface area contributed by atoms with Crippen LogP contribution < -0.4 is 5.73 Å². The van der Waals surface area contributed by atoms with Gasteiger partial charge in [-0.3, -0.25) is 0 Å². The second-order valence-electron chi connectivity index (χ2n) is 3.78. The summed E-state index contributed by atoms with van der Waals surface area (Å²) in [5, 5.41) is 0.469. The first kappa shape index (κ1) is 15.4. The highest BCUT2D eigenvalue weighted by Crippen LogP contribution is 2.21. The zero-order valence-electron chi connectivity index (χ0n) is 10.4. The van der Waals surface area contributed by atoms with Gasteiger partial charge in [0.15, 0.2) is 0 Å². The largest absolute Gasteiger partial charge is 0.383 e. The molecule has 0 saturated heterocycles. The molecule has 7 heteroatoms. The molecule has 0 aliphatic rings. The quantitative estimate of drug-likeness (QED) is 0.851. The summed E-state index contributed by atoms with van der Waals surface area (Å²) in [4.78, 5) is 0.186. The van der Waals surface area contributed by atoms with E-state index in [0.29, 0.717) is 23.7 Å². The Balaban J connectivity index is 3.05. The number of benzene rings is 1. The molecule has 0 aliphatic heterocycles. The molecule has 0 aliphatic carbocycles. The molecule has 0 amide bonds. The number of likely N-dealkylation sites (N-methyl/N-ethyl adjacent to an activating group) is 1. The number of sulfonamides is 1. The van der Waals surface area contributed by atoms with Gasteiger partial charge in [-0.25, -0.2) is 8.42 Å². The minimum atomic E-state index is -3.52. The Hall–Kier alpha value is -0.660. The predicted octanol–water partition coefficient (Wildman–Crippen LogP) is 1.07. The van der Waals surface area contributed by atoms with Crippen molar-refractivity contribution in [1.82, 2.24) is 4.31 Å². The van der Waals surface area contributed by atoms with Crippen molar-refractivity contribution in [2.75, 3.05) is 27.3 Å². The van der Waals surface area contributed by atoms with Gasteiger partial charge in [0.1, 0.15) is 0 Å². The van der Waals surface area contributed by atoms with Crippen LogP contribution in [0.15, 0.2) is 23.1 Å². The van der Waals surface area contributed by atoms with Crippen LogP contribution in [0.4, 0.5) is 0 Å². The minimum absolute atomic E-state index is 0.186. The first-order valence-corrected chi connectivity index (χ1v) is 7.19. The summed E-state index contributed by atoms with van der Waals surface area (Å²) in [5.41, 5.74) is 6.12. The number of nitrogens with two attached hydrogens (primary N) is 1. The molecule has 102 valence electrons. The van der Waals surface area contributed by atoms with Crippen LogP contribution in [0.1, 0.15) is 5.56 Å². The molecular formula is C11H17ClN2O3S. The van der Waals surface area contributed by atoms with Gasteiger partial charge < -0.3 is 10.5 Å². The van der Waals surface area contributed by atoms with Gasteiger partial charge >= 0.3 is 0 Å². The van der Waals surface area contributed by atoms with Crippen molar-refractivity contribution in [3.8, 4) is 0 Å². The summed E-state index contributed by atoms with van der Waals surface area (Å²) in [6.07, 6.45) is 0. The molecule has 2 N–H and O–H groups in total. The lowest BCUT2D eigenvalue weighted by Gasteiger charge is -2.17. The van der Waals surface area contributed by atoms with E-state index in [1.165, 1.54) is 30.6 Å². The Morgan fingerprint density at radius 1 is 1.44 bits per heavy atom. The predicted molar refractivity (Wildman–Crippen MR) is 71.0 cm³/mol. The van der Waals surface area contributed by atoms with Gasteiger partial charge in [0, 0.05) is 32.3 Å². The fourth-order valence-corrected chi connectivity index (χ4v) is 2.79. The number of hydrogen-bond acceptors (Lipinski definition) is 4. The van der Waals surface area contributed by atoms with E-state index in [1.54, 1.807) is 6.07 Å². The maximum atomic E-state index is 12.2. The van der Waals surface area contributed by atoms with Gasteiger partial charge in [-0.15, -0.1) is 0 Å². The highest BCUT2D eigenvalue weighted by atomic mass is 35.5. The number of methoxy groups -OCH3 is 1. The topological polar surface area (TPSA) is 72.6 Å². The first-order chi connectivity index (χ1) is 8.43. The fourth-order valence-electron chi connectivity index (χ4n) is 1.39. The summed E-state index contributed by atoms with van der Waals surface area (Å²) in [7, 11) is -0.493. The summed E-state index contributed by atoms with van der Waals surface area (Å²) in [5.74, 6) is 0. The van der Waals surface area contributed by atoms with E-state index in [1.807, 2.05) is 0 Å². The van der Waals surface area contributed by atoms with Crippen LogP contribution in [0.3, 0.4) is 0 Å². The number of hydrogen-bond donors (Lipinski definition) is 1. The van der Waals surface area contributed by atoms with Gasteiger partial charge in [0.05, 0.1) is 11.5 Å². The third kappa shape index (κ3) is 3.43. The van der Waals surface area contributed by atoms with Gasteiger partial charge in [0.2, 0.25) is 10.0 Å². The number of ether oxygens (including phenoxy) is 1. The second-order valence-corrected chi connectivity index (χ2v) is 6.23. The summed E-state index contributed by atoms with van der Waals surface area (Å²) < 4.78 is 30.5. The Morgan fingerprint density at radius 3 is 2.67 bits per heavy atom. The minimum Gasteiger partial charge on any atom is -0.383 e. The molecule has 0 unspecified atom stereocenters. The molecule has 0 heterocycles. The van der Waals surface area contributed by atoms with Gasteiger partial charge in [-0.1, -0.05) is 11.6 Å². The zero-order valence-corrected chi connectivity index (χ0v) is 12.0. The standard InChI is InChI=1S/C11H17ClN2O3S/c1-14(5-6-17-2)18(15,16)10-3-4-11(12)9(7-10)8-13/h3-4,7H,5-6,8,13H2,1-2H3. The van der Waals surface area contributed by atoms with Crippen LogP contribution in [-0.4, -0.2) is 40.0 Å². The maximum Gasteiger partial charge on any atom is 0.242 e. The van der Waals surface area contributed by atoms with Crippen molar-refractivity contribution in [1.29, 1.82) is 0 Å². The van der Waals surface area contributed by atoms with Crippen LogP contribution in [0.5, 0.6) is 0 Å². The average Bonchev–Trinajstić information content (AvgIpc) is 2.36. The monoisotopic (exact) mass is 292 g/mol. The molecule has 0 aromatic heterocycles. The Labute approximate surface area is 113 Å². The van der Waals surface area contributed by atoms with Crippen molar-refractivity contribution in [2.45, 2.75) is 11.4 Å². The third-order valence-corrected chi connectivity index (χ3v) is 4.78. The molecule has 0 radical (unpaired) electrons. The lowest BCUT2D eigenvalue weighted by atomic mass is 10.2. The molecule has 18 heavy (non-hydrogen) atoms. The van der Waals surface area contributed by atoms with Crippen molar-refractivity contribution in [2.24, 2.45) is 5.73 Å². The van der Waals surface area contributed by atoms with Crippen LogP contribution in [0.2, 0.25) is 5.02 Å². The van der Waals surface area contributed by atoms with E-state index in [9.17, 15) is 8.42 Å². The van der Waals surface area contributed by atoms with E-state index < -0.39 is 10.0 Å². The van der Waals surface area contributed by atoms with Gasteiger partial charge in [-0.2, -0.15) is 4.31 Å². The average molecular weight is 293 g/mol. The smallest absolute Gasteiger partial charge is 0.242 e. The Bertz CT molecular complexity index is 505.